The third-order valence-electron chi connectivity index (χ3n) is 4.60. The first-order valence-corrected chi connectivity index (χ1v) is 6.70. The summed E-state index contributed by atoms with van der Waals surface area (Å²) in [6.45, 7) is 9.61. The van der Waals surface area contributed by atoms with E-state index in [-0.39, 0.29) is 0 Å². The number of hydrogen-bond acceptors (Lipinski definition) is 1. The van der Waals surface area contributed by atoms with Crippen molar-refractivity contribution < 1.29 is 0 Å². The van der Waals surface area contributed by atoms with Crippen molar-refractivity contribution in [2.75, 3.05) is 20.1 Å². The molecule has 0 amide bonds. The average molecular weight is 231 g/mol. The van der Waals surface area contributed by atoms with E-state index in [1.54, 1.807) is 0 Å². The Kier molecular flexibility index (Phi) is 3.31. The van der Waals surface area contributed by atoms with Gasteiger partial charge in [-0.1, -0.05) is 51.1 Å². The predicted octanol–water partition coefficient (Wildman–Crippen LogP) is 3.70. The molecule has 1 fully saturated rings. The monoisotopic (exact) mass is 231 g/mol. The molecule has 94 valence electrons. The van der Waals surface area contributed by atoms with Crippen LogP contribution >= 0.6 is 0 Å². The number of rotatable bonds is 1. The van der Waals surface area contributed by atoms with Crippen LogP contribution < -0.4 is 0 Å². The van der Waals surface area contributed by atoms with Gasteiger partial charge in [-0.2, -0.15) is 0 Å². The highest BCUT2D eigenvalue weighted by molar-refractivity contribution is 5.29. The van der Waals surface area contributed by atoms with Crippen LogP contribution in [-0.2, 0) is 5.41 Å². The molecule has 1 aliphatic heterocycles. The minimum Gasteiger partial charge on any atom is -0.306 e. The molecule has 1 saturated heterocycles. The van der Waals surface area contributed by atoms with Crippen LogP contribution in [0.3, 0.4) is 0 Å². The molecule has 1 nitrogen and oxygen atoms in total. The Hall–Kier alpha value is -0.820. The molecule has 0 saturated carbocycles. The van der Waals surface area contributed by atoms with Crippen molar-refractivity contribution in [2.45, 2.75) is 39.0 Å². The summed E-state index contributed by atoms with van der Waals surface area (Å²) in [5.41, 5.74) is 2.21. The van der Waals surface area contributed by atoms with Gasteiger partial charge in [-0.3, -0.25) is 0 Å². The van der Waals surface area contributed by atoms with Crippen LogP contribution in [0.15, 0.2) is 30.3 Å². The van der Waals surface area contributed by atoms with Crippen molar-refractivity contribution >= 4 is 0 Å². The molecule has 1 heterocycles. The van der Waals surface area contributed by atoms with Gasteiger partial charge in [0.1, 0.15) is 0 Å². The molecule has 0 spiro atoms. The SMILES string of the molecule is CN1CCC(c2ccccc2)(C(C)(C)C)CC1. The van der Waals surface area contributed by atoms with Crippen molar-refractivity contribution in [3.63, 3.8) is 0 Å². The van der Waals surface area contributed by atoms with Crippen LogP contribution in [0.5, 0.6) is 0 Å². The number of hydrogen-bond donors (Lipinski definition) is 0. The summed E-state index contributed by atoms with van der Waals surface area (Å²) >= 11 is 0. The largest absolute Gasteiger partial charge is 0.306 e. The van der Waals surface area contributed by atoms with E-state index >= 15 is 0 Å². The lowest BCUT2D eigenvalue weighted by atomic mass is 9.58. The molecule has 2 rings (SSSR count). The van der Waals surface area contributed by atoms with Crippen LogP contribution in [0, 0.1) is 5.41 Å². The lowest BCUT2D eigenvalue weighted by molar-refractivity contribution is 0.0865. The van der Waals surface area contributed by atoms with E-state index in [0.29, 0.717) is 10.8 Å². The number of piperidine rings is 1. The Morgan fingerprint density at radius 1 is 1.00 bits per heavy atom. The van der Waals surface area contributed by atoms with Gasteiger partial charge in [0.2, 0.25) is 0 Å². The van der Waals surface area contributed by atoms with Crippen LogP contribution in [0.1, 0.15) is 39.2 Å². The fourth-order valence-electron chi connectivity index (χ4n) is 3.23. The first-order valence-electron chi connectivity index (χ1n) is 6.70. The normalized spacial score (nSPS) is 21.4. The zero-order valence-corrected chi connectivity index (χ0v) is 11.7. The fraction of sp³-hybridized carbons (Fsp3) is 0.625. The Morgan fingerprint density at radius 2 is 1.53 bits per heavy atom. The molecule has 1 aliphatic rings. The van der Waals surface area contributed by atoms with E-state index in [0.717, 1.165) is 0 Å². The van der Waals surface area contributed by atoms with Gasteiger partial charge in [0.25, 0.3) is 0 Å². The molecule has 0 unspecified atom stereocenters. The molecule has 0 aromatic heterocycles. The smallest absolute Gasteiger partial charge is 0.00257 e. The van der Waals surface area contributed by atoms with Crippen molar-refractivity contribution in [2.24, 2.45) is 5.41 Å². The predicted molar refractivity (Wildman–Crippen MR) is 74.3 cm³/mol. The molecule has 0 atom stereocenters. The maximum absolute atomic E-state index is 2.45. The summed E-state index contributed by atoms with van der Waals surface area (Å²) in [6.07, 6.45) is 2.55. The molecule has 0 aliphatic carbocycles. The van der Waals surface area contributed by atoms with Gasteiger partial charge in [-0.25, -0.2) is 0 Å². The average Bonchev–Trinajstić information content (AvgIpc) is 2.30. The second-order valence-electron chi connectivity index (χ2n) is 6.50. The summed E-state index contributed by atoms with van der Waals surface area (Å²) in [6, 6.07) is 11.1. The van der Waals surface area contributed by atoms with Crippen molar-refractivity contribution in [1.82, 2.24) is 4.90 Å². The van der Waals surface area contributed by atoms with Crippen molar-refractivity contribution in [3.8, 4) is 0 Å². The minimum atomic E-state index is 0.329. The van der Waals surface area contributed by atoms with Crippen LogP contribution in [-0.4, -0.2) is 25.0 Å². The molecule has 0 N–H and O–H groups in total. The topological polar surface area (TPSA) is 3.24 Å². The van der Waals surface area contributed by atoms with E-state index in [4.69, 9.17) is 0 Å². The molecular weight excluding hydrogens is 206 g/mol. The maximum Gasteiger partial charge on any atom is 0.00257 e. The van der Waals surface area contributed by atoms with E-state index in [2.05, 4.69) is 63.1 Å². The summed E-state index contributed by atoms with van der Waals surface area (Å²) in [5, 5.41) is 0. The Balaban J connectivity index is 2.39. The van der Waals surface area contributed by atoms with Gasteiger partial charge < -0.3 is 4.90 Å². The molecule has 0 radical (unpaired) electrons. The lowest BCUT2D eigenvalue weighted by Gasteiger charge is -2.50. The third kappa shape index (κ3) is 2.26. The van der Waals surface area contributed by atoms with Gasteiger partial charge >= 0.3 is 0 Å². The Morgan fingerprint density at radius 3 is 2.00 bits per heavy atom. The van der Waals surface area contributed by atoms with E-state index in [1.165, 1.54) is 31.5 Å². The lowest BCUT2D eigenvalue weighted by Crippen LogP contribution is -2.48. The number of benzene rings is 1. The number of nitrogens with zero attached hydrogens (tertiary/aromatic N) is 1. The summed E-state index contributed by atoms with van der Waals surface area (Å²) in [7, 11) is 2.23. The fourth-order valence-corrected chi connectivity index (χ4v) is 3.23. The molecular formula is C16H25N. The van der Waals surface area contributed by atoms with E-state index < -0.39 is 0 Å². The first kappa shape index (κ1) is 12.6. The molecule has 0 bridgehead atoms. The molecule has 1 aromatic carbocycles. The minimum absolute atomic E-state index is 0.329. The quantitative estimate of drug-likeness (QED) is 0.712. The molecule has 1 heteroatoms. The van der Waals surface area contributed by atoms with Gasteiger partial charge in [-0.15, -0.1) is 0 Å². The van der Waals surface area contributed by atoms with Crippen LogP contribution in [0.25, 0.3) is 0 Å². The highest BCUT2D eigenvalue weighted by atomic mass is 15.1. The van der Waals surface area contributed by atoms with Crippen LogP contribution in [0.4, 0.5) is 0 Å². The van der Waals surface area contributed by atoms with E-state index in [1.807, 2.05) is 0 Å². The standard InChI is InChI=1S/C16H25N/c1-15(2,3)16(10-12-17(4)13-11-16)14-8-6-5-7-9-14/h5-9H,10-13H2,1-4H3. The summed E-state index contributed by atoms with van der Waals surface area (Å²) in [4.78, 5) is 2.45. The summed E-state index contributed by atoms with van der Waals surface area (Å²) in [5.74, 6) is 0. The van der Waals surface area contributed by atoms with E-state index in [9.17, 15) is 0 Å². The van der Waals surface area contributed by atoms with Crippen LogP contribution in [0.2, 0.25) is 0 Å². The second-order valence-corrected chi connectivity index (χ2v) is 6.50. The Labute approximate surface area is 106 Å². The number of likely N-dealkylation sites (tertiary alicyclic amines) is 1. The van der Waals surface area contributed by atoms with Crippen molar-refractivity contribution in [3.05, 3.63) is 35.9 Å². The highest BCUT2D eigenvalue weighted by Crippen LogP contribution is 2.48. The summed E-state index contributed by atoms with van der Waals surface area (Å²) < 4.78 is 0. The zero-order chi connectivity index (χ0) is 12.5. The van der Waals surface area contributed by atoms with Gasteiger partial charge in [0, 0.05) is 5.41 Å². The third-order valence-corrected chi connectivity index (χ3v) is 4.60. The van der Waals surface area contributed by atoms with Crippen molar-refractivity contribution in [1.29, 1.82) is 0 Å². The maximum atomic E-state index is 2.45. The molecule has 17 heavy (non-hydrogen) atoms. The van der Waals surface area contributed by atoms with Gasteiger partial charge in [0.05, 0.1) is 0 Å². The van der Waals surface area contributed by atoms with Gasteiger partial charge in [-0.05, 0) is 44.0 Å². The Bertz CT molecular complexity index is 353. The molecule has 1 aromatic rings. The second kappa shape index (κ2) is 4.45. The zero-order valence-electron chi connectivity index (χ0n) is 11.7. The highest BCUT2D eigenvalue weighted by Gasteiger charge is 2.44. The first-order chi connectivity index (χ1) is 7.96. The van der Waals surface area contributed by atoms with Gasteiger partial charge in [0.15, 0.2) is 0 Å².